The Morgan fingerprint density at radius 2 is 2.21 bits per heavy atom. The number of methoxy groups -OCH3 is 1. The summed E-state index contributed by atoms with van der Waals surface area (Å²) in [6.45, 7) is 0. The van der Waals surface area contributed by atoms with Gasteiger partial charge in [0.2, 0.25) is 0 Å². The lowest BCUT2D eigenvalue weighted by molar-refractivity contribution is -0.00780. The summed E-state index contributed by atoms with van der Waals surface area (Å²) < 4.78 is 10.6. The number of aromatic nitrogens is 1. The molecule has 1 saturated heterocycles. The molecule has 1 aromatic rings. The van der Waals surface area contributed by atoms with Gasteiger partial charge in [-0.2, -0.15) is 0 Å². The van der Waals surface area contributed by atoms with Crippen molar-refractivity contribution in [3.63, 3.8) is 0 Å². The van der Waals surface area contributed by atoms with Crippen LogP contribution in [0.1, 0.15) is 36.2 Å². The summed E-state index contributed by atoms with van der Waals surface area (Å²) in [5.41, 5.74) is 0.288. The Morgan fingerprint density at radius 3 is 2.88 bits per heavy atom. The fourth-order valence-electron chi connectivity index (χ4n) is 3.80. The van der Waals surface area contributed by atoms with Crippen molar-refractivity contribution < 1.29 is 19.1 Å². The molecule has 126 valence electrons. The number of rotatable bonds is 2. The largest absolute Gasteiger partial charge is 0.457 e. The number of amides is 1. The zero-order chi connectivity index (χ0) is 17.1. The number of hydrogen-bond acceptors (Lipinski definition) is 5. The summed E-state index contributed by atoms with van der Waals surface area (Å²) in [5.74, 6) is 2.26. The van der Waals surface area contributed by atoms with E-state index in [2.05, 4.69) is 10.9 Å². The molecule has 0 spiro atoms. The summed E-state index contributed by atoms with van der Waals surface area (Å²) >= 11 is 0. The van der Waals surface area contributed by atoms with Gasteiger partial charge >= 0.3 is 12.1 Å². The predicted octanol–water partition coefficient (Wildman–Crippen LogP) is 2.25. The van der Waals surface area contributed by atoms with Crippen molar-refractivity contribution in [2.24, 2.45) is 5.92 Å². The zero-order valence-corrected chi connectivity index (χ0v) is 13.6. The first kappa shape index (κ1) is 16.3. The lowest BCUT2D eigenvalue weighted by atomic mass is 9.82. The van der Waals surface area contributed by atoms with Crippen LogP contribution in [0.3, 0.4) is 0 Å². The van der Waals surface area contributed by atoms with E-state index in [1.807, 2.05) is 0 Å². The molecule has 6 nitrogen and oxygen atoms in total. The van der Waals surface area contributed by atoms with E-state index in [1.54, 1.807) is 29.3 Å². The molecule has 0 radical (unpaired) electrons. The molecule has 2 aliphatic rings. The fraction of sp³-hybridized carbons (Fsp3) is 0.500. The third-order valence-electron chi connectivity index (χ3n) is 4.86. The molecule has 0 N–H and O–H groups in total. The fourth-order valence-corrected chi connectivity index (χ4v) is 3.80. The Balaban J connectivity index is 1.76. The van der Waals surface area contributed by atoms with E-state index in [0.29, 0.717) is 6.42 Å². The first-order valence-electron chi connectivity index (χ1n) is 8.10. The van der Waals surface area contributed by atoms with E-state index < -0.39 is 12.1 Å². The van der Waals surface area contributed by atoms with Crippen LogP contribution in [-0.2, 0) is 9.47 Å². The predicted molar refractivity (Wildman–Crippen MR) is 86.1 cm³/mol. The monoisotopic (exact) mass is 328 g/mol. The number of ether oxygens (including phenoxy) is 2. The maximum absolute atomic E-state index is 12.3. The summed E-state index contributed by atoms with van der Waals surface area (Å²) in [6.07, 6.45) is 9.58. The smallest absolute Gasteiger partial charge is 0.410 e. The van der Waals surface area contributed by atoms with Gasteiger partial charge in [0, 0.05) is 18.2 Å². The Bertz CT molecular complexity index is 655. The van der Waals surface area contributed by atoms with Crippen LogP contribution in [-0.4, -0.2) is 47.2 Å². The van der Waals surface area contributed by atoms with Gasteiger partial charge in [0.05, 0.1) is 13.2 Å². The van der Waals surface area contributed by atoms with Gasteiger partial charge in [0.15, 0.2) is 0 Å². The minimum atomic E-state index is -0.435. The summed E-state index contributed by atoms with van der Waals surface area (Å²) in [7, 11) is 1.35. The molecule has 1 aromatic heterocycles. The molecular weight excluding hydrogens is 308 g/mol. The van der Waals surface area contributed by atoms with E-state index in [4.69, 9.17) is 15.9 Å². The van der Waals surface area contributed by atoms with Gasteiger partial charge in [-0.3, -0.25) is 4.90 Å². The van der Waals surface area contributed by atoms with Crippen molar-refractivity contribution in [3.8, 4) is 12.3 Å². The average molecular weight is 328 g/mol. The number of hydrogen-bond donors (Lipinski definition) is 0. The molecule has 24 heavy (non-hydrogen) atoms. The molecule has 2 heterocycles. The Labute approximate surface area is 141 Å². The van der Waals surface area contributed by atoms with Gasteiger partial charge in [-0.15, -0.1) is 6.42 Å². The van der Waals surface area contributed by atoms with E-state index in [1.165, 1.54) is 7.11 Å². The van der Waals surface area contributed by atoms with Crippen molar-refractivity contribution >= 4 is 12.1 Å². The number of likely N-dealkylation sites (tertiary alicyclic amines) is 1. The molecule has 1 saturated carbocycles. The highest BCUT2D eigenvalue weighted by atomic mass is 16.5. The third-order valence-corrected chi connectivity index (χ3v) is 4.86. The SMILES string of the molecule is C#CC1C[C@H]2[C@@H](OC(=O)c3ccccn3)CCC[C@H]2N1C(=O)OC. The standard InChI is InChI=1S/C18H20N2O4/c1-3-12-11-13-15(20(12)18(22)23-2)8-6-9-16(13)24-17(21)14-7-4-5-10-19-14/h1,4-5,7,10,12-13,15-16H,6,8-9,11H2,2H3/t12?,13-,15-,16+/m1/s1. The molecular formula is C18H20N2O4. The van der Waals surface area contributed by atoms with Gasteiger partial charge in [0.1, 0.15) is 11.8 Å². The number of fused-ring (bicyclic) bond motifs is 1. The number of esters is 1. The van der Waals surface area contributed by atoms with Crippen molar-refractivity contribution in [3.05, 3.63) is 30.1 Å². The minimum Gasteiger partial charge on any atom is -0.457 e. The summed E-state index contributed by atoms with van der Waals surface area (Å²) in [4.78, 5) is 30.0. The van der Waals surface area contributed by atoms with E-state index >= 15 is 0 Å². The second-order valence-corrected chi connectivity index (χ2v) is 6.12. The van der Waals surface area contributed by atoms with Crippen LogP contribution in [0.4, 0.5) is 4.79 Å². The summed E-state index contributed by atoms with van der Waals surface area (Å²) in [5, 5.41) is 0. The van der Waals surface area contributed by atoms with Crippen LogP contribution in [0.25, 0.3) is 0 Å². The van der Waals surface area contributed by atoms with Crippen LogP contribution < -0.4 is 0 Å². The van der Waals surface area contributed by atoms with E-state index in [-0.39, 0.29) is 29.8 Å². The number of terminal acetylenes is 1. The maximum atomic E-state index is 12.3. The first-order chi connectivity index (χ1) is 11.7. The molecule has 2 fully saturated rings. The third kappa shape index (κ3) is 2.94. The first-order valence-corrected chi connectivity index (χ1v) is 8.10. The molecule has 1 unspecified atom stereocenters. The number of carbonyl (C=O) groups is 2. The molecule has 0 aromatic carbocycles. The van der Waals surface area contributed by atoms with Gasteiger partial charge in [-0.25, -0.2) is 14.6 Å². The Hall–Kier alpha value is -2.55. The van der Waals surface area contributed by atoms with Crippen LogP contribution in [0, 0.1) is 18.3 Å². The van der Waals surface area contributed by atoms with Crippen LogP contribution in [0.2, 0.25) is 0 Å². The topological polar surface area (TPSA) is 68.7 Å². The Kier molecular flexibility index (Phi) is 4.70. The van der Waals surface area contributed by atoms with Gasteiger partial charge < -0.3 is 9.47 Å². The minimum absolute atomic E-state index is 0.0339. The molecule has 1 amide bonds. The lowest BCUT2D eigenvalue weighted by Gasteiger charge is -2.36. The van der Waals surface area contributed by atoms with Crippen molar-refractivity contribution in [1.82, 2.24) is 9.88 Å². The van der Waals surface area contributed by atoms with Crippen LogP contribution in [0.5, 0.6) is 0 Å². The second kappa shape index (κ2) is 6.91. The van der Waals surface area contributed by atoms with Crippen LogP contribution >= 0.6 is 0 Å². The van der Waals surface area contributed by atoms with Gasteiger partial charge in [-0.1, -0.05) is 12.0 Å². The zero-order valence-electron chi connectivity index (χ0n) is 13.6. The molecule has 3 rings (SSSR count). The van der Waals surface area contributed by atoms with E-state index in [9.17, 15) is 9.59 Å². The van der Waals surface area contributed by atoms with Crippen molar-refractivity contribution in [1.29, 1.82) is 0 Å². The highest BCUT2D eigenvalue weighted by molar-refractivity contribution is 5.87. The Morgan fingerprint density at radius 1 is 1.38 bits per heavy atom. The number of nitrogens with zero attached hydrogens (tertiary/aromatic N) is 2. The van der Waals surface area contributed by atoms with Gasteiger partial charge in [0.25, 0.3) is 0 Å². The molecule has 1 aliphatic heterocycles. The normalized spacial score (nSPS) is 28.6. The van der Waals surface area contributed by atoms with Gasteiger partial charge in [-0.05, 0) is 37.8 Å². The molecule has 6 heteroatoms. The maximum Gasteiger partial charge on any atom is 0.410 e. The highest BCUT2D eigenvalue weighted by Gasteiger charge is 2.49. The molecule has 0 bridgehead atoms. The van der Waals surface area contributed by atoms with E-state index in [0.717, 1.165) is 19.3 Å². The van der Waals surface area contributed by atoms with Crippen molar-refractivity contribution in [2.45, 2.75) is 43.9 Å². The summed E-state index contributed by atoms with van der Waals surface area (Å²) in [6, 6.07) is 4.75. The lowest BCUT2D eigenvalue weighted by Crippen LogP contribution is -2.46. The number of pyridine rings is 1. The molecule has 1 aliphatic carbocycles. The molecule has 4 atom stereocenters. The van der Waals surface area contributed by atoms with Crippen molar-refractivity contribution in [2.75, 3.05) is 7.11 Å². The quantitative estimate of drug-likeness (QED) is 0.615. The highest BCUT2D eigenvalue weighted by Crippen LogP contribution is 2.41. The second-order valence-electron chi connectivity index (χ2n) is 6.12. The number of carbonyl (C=O) groups excluding carboxylic acids is 2. The average Bonchev–Trinajstić information content (AvgIpc) is 3.01. The van der Waals surface area contributed by atoms with Crippen LogP contribution in [0.15, 0.2) is 24.4 Å².